The quantitative estimate of drug-likeness (QED) is 0.519. The van der Waals surface area contributed by atoms with E-state index in [2.05, 4.69) is 48.9 Å². The third kappa shape index (κ3) is 5.37. The van der Waals surface area contributed by atoms with Crippen molar-refractivity contribution in [1.82, 2.24) is 19.0 Å². The summed E-state index contributed by atoms with van der Waals surface area (Å²) in [6.07, 6.45) is 2.73. The van der Waals surface area contributed by atoms with Crippen LogP contribution in [0.25, 0.3) is 22.4 Å². The normalized spacial score (nSPS) is 16.7. The monoisotopic (exact) mass is 518 g/mol. The number of pyridine rings is 1. The number of aromatic nitrogens is 3. The number of carbonyl (C=O) groups is 1. The Hall–Kier alpha value is -3.33. The zero-order chi connectivity index (χ0) is 26.2. The van der Waals surface area contributed by atoms with Crippen LogP contribution < -0.4 is 10.6 Å². The highest BCUT2D eigenvalue weighted by Crippen LogP contribution is 2.27. The van der Waals surface area contributed by atoms with E-state index in [1.54, 1.807) is 23.4 Å². The number of rotatable bonds is 4. The van der Waals surface area contributed by atoms with E-state index < -0.39 is 0 Å². The van der Waals surface area contributed by atoms with Crippen LogP contribution in [0.1, 0.15) is 27.2 Å². The number of piperazine rings is 1. The average Bonchev–Trinajstić information content (AvgIpc) is 3.09. The molecule has 1 amide bonds. The van der Waals surface area contributed by atoms with Gasteiger partial charge in [-0.3, -0.25) is 18.9 Å². The van der Waals surface area contributed by atoms with Gasteiger partial charge < -0.3 is 9.80 Å². The van der Waals surface area contributed by atoms with Crippen LogP contribution in [0.2, 0.25) is 0 Å². The molecular weight excluding hydrogens is 484 g/mol. The van der Waals surface area contributed by atoms with Crippen molar-refractivity contribution < 1.29 is 4.79 Å². The number of imidazole rings is 1. The van der Waals surface area contributed by atoms with E-state index in [1.807, 2.05) is 39.3 Å². The van der Waals surface area contributed by atoms with Crippen LogP contribution in [0.4, 0.5) is 5.69 Å². The minimum absolute atomic E-state index is 0.0144. The summed E-state index contributed by atoms with van der Waals surface area (Å²) >= 11 is 1.65. The molecule has 0 radical (unpaired) electrons. The van der Waals surface area contributed by atoms with Crippen LogP contribution in [-0.4, -0.2) is 63.1 Å². The molecule has 0 spiro atoms. The molecule has 2 aliphatic heterocycles. The number of benzene rings is 1. The Bertz CT molecular complexity index is 1440. The smallest absolute Gasteiger partial charge is 0.330 e. The second kappa shape index (κ2) is 10.2. The molecule has 0 atom stereocenters. The number of thioether (sulfide) groups is 1. The Morgan fingerprint density at radius 3 is 2.62 bits per heavy atom. The van der Waals surface area contributed by atoms with E-state index in [0.29, 0.717) is 31.0 Å². The number of hydrogen-bond acceptors (Lipinski definition) is 6. The Morgan fingerprint density at radius 1 is 1.08 bits per heavy atom. The van der Waals surface area contributed by atoms with Crippen LogP contribution >= 0.6 is 11.8 Å². The average molecular weight is 519 g/mol. The van der Waals surface area contributed by atoms with Gasteiger partial charge in [0.2, 0.25) is 0 Å². The van der Waals surface area contributed by atoms with Crippen molar-refractivity contribution >= 4 is 40.7 Å². The summed E-state index contributed by atoms with van der Waals surface area (Å²) in [6.45, 7) is 9.86. The van der Waals surface area contributed by atoms with Gasteiger partial charge in [0.25, 0.3) is 5.91 Å². The first-order chi connectivity index (χ1) is 17.7. The summed E-state index contributed by atoms with van der Waals surface area (Å²) in [5.41, 5.74) is 4.98. The van der Waals surface area contributed by atoms with Crippen LogP contribution in [0, 0.1) is 5.41 Å². The first kappa shape index (κ1) is 25.3. The fourth-order valence-corrected chi connectivity index (χ4v) is 5.49. The van der Waals surface area contributed by atoms with Gasteiger partial charge in [0.05, 0.1) is 11.2 Å². The molecule has 4 heterocycles. The SMILES string of the molecule is Cn1c(=O)n(CC(C)(C)C)c2ccc(-c3cccc(N4CCN(C(=O)C5=CSCCC=N5)CC4)c3)nc21. The van der Waals surface area contributed by atoms with E-state index in [0.717, 1.165) is 47.7 Å². The van der Waals surface area contributed by atoms with Gasteiger partial charge in [-0.05, 0) is 36.1 Å². The van der Waals surface area contributed by atoms with Gasteiger partial charge in [0, 0.05) is 68.4 Å². The lowest BCUT2D eigenvalue weighted by Crippen LogP contribution is -2.49. The molecule has 1 aromatic carbocycles. The van der Waals surface area contributed by atoms with Crippen molar-refractivity contribution in [2.24, 2.45) is 17.5 Å². The van der Waals surface area contributed by atoms with Gasteiger partial charge in [0.1, 0.15) is 5.70 Å². The molecule has 1 fully saturated rings. The molecule has 2 aliphatic rings. The molecule has 8 nitrogen and oxygen atoms in total. The molecule has 0 N–H and O–H groups in total. The topological polar surface area (TPSA) is 75.7 Å². The van der Waals surface area contributed by atoms with Gasteiger partial charge in [-0.25, -0.2) is 9.78 Å². The molecule has 5 rings (SSSR count). The van der Waals surface area contributed by atoms with Crippen molar-refractivity contribution in [1.29, 1.82) is 0 Å². The minimum Gasteiger partial charge on any atom is -0.368 e. The highest BCUT2D eigenvalue weighted by molar-refractivity contribution is 8.02. The van der Waals surface area contributed by atoms with E-state index >= 15 is 0 Å². The Kier molecular flexibility index (Phi) is 6.98. The summed E-state index contributed by atoms with van der Waals surface area (Å²) < 4.78 is 3.45. The molecule has 9 heteroatoms. The third-order valence-electron chi connectivity index (χ3n) is 6.70. The lowest BCUT2D eigenvalue weighted by atomic mass is 9.97. The fraction of sp³-hybridized carbons (Fsp3) is 0.429. The molecule has 0 bridgehead atoms. The first-order valence-electron chi connectivity index (χ1n) is 12.8. The Labute approximate surface area is 221 Å². The van der Waals surface area contributed by atoms with Gasteiger partial charge in [-0.2, -0.15) is 0 Å². The molecule has 1 saturated heterocycles. The second-order valence-corrected chi connectivity index (χ2v) is 11.8. The number of carbonyl (C=O) groups excluding carboxylic acids is 1. The first-order valence-corrected chi connectivity index (χ1v) is 13.8. The van der Waals surface area contributed by atoms with Crippen molar-refractivity contribution in [2.75, 3.05) is 36.8 Å². The highest BCUT2D eigenvalue weighted by atomic mass is 32.2. The molecule has 3 aromatic rings. The van der Waals surface area contributed by atoms with Crippen LogP contribution in [-0.2, 0) is 18.4 Å². The number of anilines is 1. The zero-order valence-electron chi connectivity index (χ0n) is 22.0. The number of hydrogen-bond donors (Lipinski definition) is 0. The number of aliphatic imine (C=N–C) groups is 1. The lowest BCUT2D eigenvalue weighted by molar-refractivity contribution is -0.127. The highest BCUT2D eigenvalue weighted by Gasteiger charge is 2.24. The summed E-state index contributed by atoms with van der Waals surface area (Å²) in [5.74, 6) is 0.978. The van der Waals surface area contributed by atoms with Gasteiger partial charge in [-0.15, -0.1) is 11.8 Å². The molecule has 37 heavy (non-hydrogen) atoms. The van der Waals surface area contributed by atoms with Crippen molar-refractivity contribution in [3.8, 4) is 11.3 Å². The summed E-state index contributed by atoms with van der Waals surface area (Å²) in [4.78, 5) is 39.3. The maximum absolute atomic E-state index is 12.9. The number of nitrogens with zero attached hydrogens (tertiary/aromatic N) is 6. The number of amides is 1. The van der Waals surface area contributed by atoms with Gasteiger partial charge >= 0.3 is 5.69 Å². The molecule has 0 saturated carbocycles. The van der Waals surface area contributed by atoms with Crippen LogP contribution in [0.15, 0.2) is 57.3 Å². The van der Waals surface area contributed by atoms with E-state index in [4.69, 9.17) is 4.98 Å². The van der Waals surface area contributed by atoms with Crippen LogP contribution in [0.3, 0.4) is 0 Å². The standard InChI is InChI=1S/C28H34N6O2S/c1-28(2,3)19-34-24-10-9-22(30-25(24)31(4)27(34)36)20-7-5-8-21(17-20)32-12-14-33(15-13-32)26(35)23-18-37-16-6-11-29-23/h5,7-11,17-18H,6,12-16,19H2,1-4H3. The molecular formula is C28H34N6O2S. The molecule has 0 aliphatic carbocycles. The summed E-state index contributed by atoms with van der Waals surface area (Å²) in [5, 5.41) is 1.89. The lowest BCUT2D eigenvalue weighted by Gasteiger charge is -2.36. The predicted octanol–water partition coefficient (Wildman–Crippen LogP) is 4.15. The second-order valence-electron chi connectivity index (χ2n) is 10.8. The number of fused-ring (bicyclic) bond motifs is 1. The molecule has 2 aromatic heterocycles. The molecule has 194 valence electrons. The van der Waals surface area contributed by atoms with E-state index in [9.17, 15) is 9.59 Å². The third-order valence-corrected chi connectivity index (χ3v) is 7.56. The van der Waals surface area contributed by atoms with Crippen molar-refractivity contribution in [3.63, 3.8) is 0 Å². The minimum atomic E-state index is -0.0420. The summed E-state index contributed by atoms with van der Waals surface area (Å²) in [6, 6.07) is 12.3. The van der Waals surface area contributed by atoms with Gasteiger partial charge in [-0.1, -0.05) is 32.9 Å². The van der Waals surface area contributed by atoms with E-state index in [-0.39, 0.29) is 17.0 Å². The Morgan fingerprint density at radius 2 is 1.86 bits per heavy atom. The maximum Gasteiger partial charge on any atom is 0.330 e. The summed E-state index contributed by atoms with van der Waals surface area (Å²) in [7, 11) is 1.78. The van der Waals surface area contributed by atoms with E-state index in [1.165, 1.54) is 0 Å². The van der Waals surface area contributed by atoms with Crippen LogP contribution in [0.5, 0.6) is 0 Å². The molecule has 0 unspecified atom stereocenters. The maximum atomic E-state index is 12.9. The predicted molar refractivity (Wildman–Crippen MR) is 152 cm³/mol. The van der Waals surface area contributed by atoms with Crippen molar-refractivity contribution in [2.45, 2.75) is 33.7 Å². The fourth-order valence-electron chi connectivity index (χ4n) is 4.81. The van der Waals surface area contributed by atoms with Crippen molar-refractivity contribution in [3.05, 3.63) is 58.0 Å². The largest absolute Gasteiger partial charge is 0.368 e. The number of aryl methyl sites for hydroxylation is 1. The Balaban J connectivity index is 1.34. The zero-order valence-corrected chi connectivity index (χ0v) is 22.8. The van der Waals surface area contributed by atoms with Gasteiger partial charge in [0.15, 0.2) is 5.65 Å².